The minimum absolute atomic E-state index is 0.0578. The highest BCUT2D eigenvalue weighted by Gasteiger charge is 2.17. The molecule has 3 rings (SSSR count). The molecule has 1 amide bonds. The van der Waals surface area contributed by atoms with Crippen molar-refractivity contribution in [3.05, 3.63) is 64.9 Å². The van der Waals surface area contributed by atoms with Crippen LogP contribution in [-0.2, 0) is 4.79 Å². The Bertz CT molecular complexity index is 808. The maximum atomic E-state index is 11.5. The molecule has 0 saturated heterocycles. The molecule has 3 nitrogen and oxygen atoms in total. The summed E-state index contributed by atoms with van der Waals surface area (Å²) in [5.41, 5.74) is 0. The summed E-state index contributed by atoms with van der Waals surface area (Å²) in [6.07, 6.45) is 0.706. The number of carbonyl (C=O) groups excluding carboxylic acids is 1. The Balaban J connectivity index is 1.84. The predicted octanol–water partition coefficient (Wildman–Crippen LogP) is 4.89. The molecule has 1 aromatic heterocycles. The lowest BCUT2D eigenvalue weighted by atomic mass is 10.1. The van der Waals surface area contributed by atoms with Crippen molar-refractivity contribution >= 4 is 28.0 Å². The molecule has 0 N–H and O–H groups in total. The van der Waals surface area contributed by atoms with Crippen LogP contribution in [0.1, 0.15) is 24.3 Å². The lowest BCUT2D eigenvalue weighted by Crippen LogP contribution is -2.26. The van der Waals surface area contributed by atoms with E-state index in [1.54, 1.807) is 23.2 Å². The summed E-state index contributed by atoms with van der Waals surface area (Å²) in [4.78, 5) is 14.4. The summed E-state index contributed by atoms with van der Waals surface area (Å²) in [5.74, 6) is 0.960. The van der Waals surface area contributed by atoms with E-state index >= 15 is 0 Å². The molecule has 0 fully saturated rings. The van der Waals surface area contributed by atoms with Gasteiger partial charge in [-0.2, -0.15) is 0 Å². The second-order valence-electron chi connectivity index (χ2n) is 5.83. The van der Waals surface area contributed by atoms with Gasteiger partial charge >= 0.3 is 0 Å². The maximum Gasteiger partial charge on any atom is 0.219 e. The summed E-state index contributed by atoms with van der Waals surface area (Å²) < 4.78 is 6.37. The van der Waals surface area contributed by atoms with E-state index in [0.717, 1.165) is 17.6 Å². The van der Waals surface area contributed by atoms with Gasteiger partial charge in [-0.15, -0.1) is 11.3 Å². The summed E-state index contributed by atoms with van der Waals surface area (Å²) in [6, 6.07) is 18.5. The quantitative estimate of drug-likeness (QED) is 0.640. The van der Waals surface area contributed by atoms with Crippen LogP contribution in [0.15, 0.2) is 60.0 Å². The van der Waals surface area contributed by atoms with Crippen molar-refractivity contribution in [1.29, 1.82) is 0 Å². The van der Waals surface area contributed by atoms with E-state index in [0.29, 0.717) is 6.54 Å². The fraction of sp³-hybridized carbons (Fsp3) is 0.250. The second-order valence-corrected chi connectivity index (χ2v) is 6.81. The SMILES string of the molecule is CC(=O)N(C)CCC(Oc1cccc2ccccc12)c1cccs1. The molecule has 4 heteroatoms. The van der Waals surface area contributed by atoms with Crippen LogP contribution in [-0.4, -0.2) is 24.4 Å². The Kier molecular flexibility index (Phi) is 5.16. The summed E-state index contributed by atoms with van der Waals surface area (Å²) >= 11 is 1.69. The second kappa shape index (κ2) is 7.49. The molecule has 0 aliphatic rings. The maximum absolute atomic E-state index is 11.5. The highest BCUT2D eigenvalue weighted by Crippen LogP contribution is 2.32. The molecule has 3 aromatic rings. The van der Waals surface area contributed by atoms with E-state index in [1.807, 2.05) is 37.4 Å². The average Bonchev–Trinajstić information content (AvgIpc) is 3.12. The lowest BCUT2D eigenvalue weighted by molar-refractivity contribution is -0.127. The van der Waals surface area contributed by atoms with E-state index in [1.165, 1.54) is 10.3 Å². The number of ether oxygens (including phenoxy) is 1. The molecule has 124 valence electrons. The summed E-state index contributed by atoms with van der Waals surface area (Å²) in [7, 11) is 1.83. The van der Waals surface area contributed by atoms with E-state index < -0.39 is 0 Å². The Morgan fingerprint density at radius 1 is 1.12 bits per heavy atom. The molecule has 0 aliphatic heterocycles. The van der Waals surface area contributed by atoms with Crippen molar-refractivity contribution in [1.82, 2.24) is 4.90 Å². The van der Waals surface area contributed by atoms with Gasteiger partial charge in [-0.3, -0.25) is 4.79 Å². The third-order valence-corrected chi connectivity index (χ3v) is 5.11. The zero-order valence-corrected chi connectivity index (χ0v) is 14.8. The summed E-state index contributed by atoms with van der Waals surface area (Å²) in [5, 5.41) is 4.34. The molecular formula is C20H21NO2S. The molecule has 0 radical (unpaired) electrons. The smallest absolute Gasteiger partial charge is 0.219 e. The minimum Gasteiger partial charge on any atom is -0.484 e. The van der Waals surface area contributed by atoms with Gasteiger partial charge in [-0.25, -0.2) is 0 Å². The van der Waals surface area contributed by atoms with Crippen LogP contribution in [0.2, 0.25) is 0 Å². The number of hydrogen-bond acceptors (Lipinski definition) is 3. The number of rotatable bonds is 6. The Morgan fingerprint density at radius 3 is 2.67 bits per heavy atom. The highest BCUT2D eigenvalue weighted by atomic mass is 32.1. The minimum atomic E-state index is -0.0578. The number of fused-ring (bicyclic) bond motifs is 1. The van der Waals surface area contributed by atoms with E-state index in [4.69, 9.17) is 4.74 Å². The van der Waals surface area contributed by atoms with Crippen molar-refractivity contribution in [3.8, 4) is 5.75 Å². The van der Waals surface area contributed by atoms with Crippen molar-refractivity contribution < 1.29 is 9.53 Å². The summed E-state index contributed by atoms with van der Waals surface area (Å²) in [6.45, 7) is 2.26. The van der Waals surface area contributed by atoms with Gasteiger partial charge in [0.25, 0.3) is 0 Å². The molecule has 0 spiro atoms. The first-order valence-electron chi connectivity index (χ1n) is 8.04. The number of amides is 1. The Hall–Kier alpha value is -2.33. The number of thiophene rings is 1. The van der Waals surface area contributed by atoms with Gasteiger partial charge in [0.05, 0.1) is 0 Å². The van der Waals surface area contributed by atoms with Gasteiger partial charge in [0.1, 0.15) is 11.9 Å². The number of benzene rings is 2. The monoisotopic (exact) mass is 339 g/mol. The molecule has 0 aliphatic carbocycles. The van der Waals surface area contributed by atoms with Crippen LogP contribution in [0.25, 0.3) is 10.8 Å². The third kappa shape index (κ3) is 3.77. The van der Waals surface area contributed by atoms with Crippen molar-refractivity contribution in [2.45, 2.75) is 19.4 Å². The fourth-order valence-corrected chi connectivity index (χ4v) is 3.44. The molecule has 0 saturated carbocycles. The lowest BCUT2D eigenvalue weighted by Gasteiger charge is -2.22. The van der Waals surface area contributed by atoms with Crippen LogP contribution in [0, 0.1) is 0 Å². The first kappa shape index (κ1) is 16.5. The predicted molar refractivity (Wildman–Crippen MR) is 99.6 cm³/mol. The fourth-order valence-electron chi connectivity index (χ4n) is 2.65. The van der Waals surface area contributed by atoms with Crippen LogP contribution in [0.4, 0.5) is 0 Å². The molecule has 0 bridgehead atoms. The molecule has 1 heterocycles. The standard InChI is InChI=1S/C20H21NO2S/c1-15(22)21(2)13-12-19(20-11-6-14-24-20)23-18-10-5-8-16-7-3-4-9-17(16)18/h3-11,14,19H,12-13H2,1-2H3. The van der Waals surface area contributed by atoms with Gasteiger partial charge in [0, 0.05) is 37.2 Å². The van der Waals surface area contributed by atoms with Gasteiger partial charge in [-0.1, -0.05) is 42.5 Å². The number of carbonyl (C=O) groups is 1. The molecule has 1 unspecified atom stereocenters. The van der Waals surface area contributed by atoms with Gasteiger partial charge in [0.15, 0.2) is 0 Å². The van der Waals surface area contributed by atoms with E-state index in [9.17, 15) is 4.79 Å². The Labute approximate surface area is 146 Å². The number of nitrogens with zero attached hydrogens (tertiary/aromatic N) is 1. The zero-order chi connectivity index (χ0) is 16.9. The van der Waals surface area contributed by atoms with Gasteiger partial charge in [-0.05, 0) is 22.9 Å². The zero-order valence-electron chi connectivity index (χ0n) is 13.9. The van der Waals surface area contributed by atoms with Crippen LogP contribution in [0.3, 0.4) is 0 Å². The average molecular weight is 339 g/mol. The normalized spacial score (nSPS) is 12.1. The van der Waals surface area contributed by atoms with E-state index in [2.05, 4.69) is 29.6 Å². The topological polar surface area (TPSA) is 29.5 Å². The number of hydrogen-bond donors (Lipinski definition) is 0. The van der Waals surface area contributed by atoms with E-state index in [-0.39, 0.29) is 12.0 Å². The third-order valence-electron chi connectivity index (χ3n) is 4.14. The van der Waals surface area contributed by atoms with Crippen LogP contribution < -0.4 is 4.74 Å². The van der Waals surface area contributed by atoms with Crippen LogP contribution in [0.5, 0.6) is 5.75 Å². The Morgan fingerprint density at radius 2 is 1.92 bits per heavy atom. The first-order valence-corrected chi connectivity index (χ1v) is 8.92. The van der Waals surface area contributed by atoms with Crippen LogP contribution >= 0.6 is 11.3 Å². The first-order chi connectivity index (χ1) is 11.6. The molecular weight excluding hydrogens is 318 g/mol. The van der Waals surface area contributed by atoms with Crippen molar-refractivity contribution in [3.63, 3.8) is 0 Å². The molecule has 2 aromatic carbocycles. The van der Waals surface area contributed by atoms with Gasteiger partial charge < -0.3 is 9.64 Å². The van der Waals surface area contributed by atoms with Crippen molar-refractivity contribution in [2.75, 3.05) is 13.6 Å². The van der Waals surface area contributed by atoms with Gasteiger partial charge in [0.2, 0.25) is 5.91 Å². The molecule has 1 atom stereocenters. The largest absolute Gasteiger partial charge is 0.484 e. The molecule has 24 heavy (non-hydrogen) atoms. The van der Waals surface area contributed by atoms with Crippen molar-refractivity contribution in [2.24, 2.45) is 0 Å². The highest BCUT2D eigenvalue weighted by molar-refractivity contribution is 7.10.